The van der Waals surface area contributed by atoms with Crippen molar-refractivity contribution in [3.05, 3.63) is 34.5 Å². The number of ether oxygens (including phenoxy) is 1. The lowest BCUT2D eigenvalue weighted by Gasteiger charge is -2.02. The number of rotatable bonds is 1. The van der Waals surface area contributed by atoms with Crippen molar-refractivity contribution in [2.75, 3.05) is 7.11 Å². The van der Waals surface area contributed by atoms with Crippen LogP contribution in [0.25, 0.3) is 10.9 Å². The minimum Gasteiger partial charge on any atom is -0.464 e. The number of carbonyl (C=O) groups excluding carboxylic acids is 1. The second-order valence-corrected chi connectivity index (χ2v) is 3.95. The lowest BCUT2D eigenvalue weighted by molar-refractivity contribution is 0.0590. The van der Waals surface area contributed by atoms with Crippen molar-refractivity contribution in [3.63, 3.8) is 0 Å². The summed E-state index contributed by atoms with van der Waals surface area (Å²) in [5.74, 6) is -0.441. The Morgan fingerprint density at radius 2 is 2.24 bits per heavy atom. The van der Waals surface area contributed by atoms with Crippen LogP contribution in [0.15, 0.2) is 18.2 Å². The zero-order valence-electron chi connectivity index (χ0n) is 9.32. The predicted molar refractivity (Wildman–Crippen MR) is 64.0 cm³/mol. The number of hydrogen-bond acceptors (Lipinski definition) is 3. The van der Waals surface area contributed by atoms with Crippen LogP contribution in [0.1, 0.15) is 16.1 Å². The maximum absolute atomic E-state index is 11.5. The Kier molecular flexibility index (Phi) is 2.78. The Balaban J connectivity index is 2.83. The molecule has 0 aliphatic rings. The Labute approximate surface area is 103 Å². The van der Waals surface area contributed by atoms with E-state index in [4.69, 9.17) is 16.9 Å². The molecule has 0 saturated heterocycles. The number of nitrogens with zero attached hydrogens (tertiary/aromatic N) is 2. The summed E-state index contributed by atoms with van der Waals surface area (Å²) in [7, 11) is 3.06. The van der Waals surface area contributed by atoms with Crippen LogP contribution in [-0.2, 0) is 11.8 Å². The second kappa shape index (κ2) is 4.11. The third kappa shape index (κ3) is 1.65. The topological polar surface area (TPSA) is 55.0 Å². The summed E-state index contributed by atoms with van der Waals surface area (Å²) < 4.78 is 6.35. The number of carbonyl (C=O) groups is 1. The molecule has 1 aromatic heterocycles. The Morgan fingerprint density at radius 3 is 2.82 bits per heavy atom. The van der Waals surface area contributed by atoms with Crippen molar-refractivity contribution in [1.29, 1.82) is 5.26 Å². The number of fused-ring (bicyclic) bond motifs is 1. The minimum atomic E-state index is -0.441. The summed E-state index contributed by atoms with van der Waals surface area (Å²) in [5, 5.41) is 10.1. The highest BCUT2D eigenvalue weighted by atomic mass is 35.5. The van der Waals surface area contributed by atoms with Crippen molar-refractivity contribution in [2.24, 2.45) is 7.05 Å². The van der Waals surface area contributed by atoms with Crippen LogP contribution in [0, 0.1) is 11.3 Å². The summed E-state index contributed by atoms with van der Waals surface area (Å²) in [6, 6.07) is 7.07. The number of benzene rings is 1. The average molecular weight is 249 g/mol. The molecule has 0 bridgehead atoms. The standard InChI is InChI=1S/C12H9ClN2O2/c1-15-10-4-3-9(13)8(6-14)7(10)5-11(15)12(16)17-2/h3-5H,1-2H3. The van der Waals surface area contributed by atoms with Gasteiger partial charge in [0, 0.05) is 18.0 Å². The van der Waals surface area contributed by atoms with Gasteiger partial charge in [0.05, 0.1) is 17.7 Å². The van der Waals surface area contributed by atoms with Crippen molar-refractivity contribution >= 4 is 28.5 Å². The molecule has 2 rings (SSSR count). The lowest BCUT2D eigenvalue weighted by Crippen LogP contribution is -2.06. The molecule has 0 aliphatic carbocycles. The molecule has 0 atom stereocenters. The lowest BCUT2D eigenvalue weighted by atomic mass is 10.1. The number of hydrogen-bond donors (Lipinski definition) is 0. The minimum absolute atomic E-state index is 0.370. The highest BCUT2D eigenvalue weighted by Crippen LogP contribution is 2.28. The van der Waals surface area contributed by atoms with Crippen molar-refractivity contribution in [1.82, 2.24) is 4.57 Å². The third-order valence-electron chi connectivity index (χ3n) is 2.68. The molecule has 0 N–H and O–H groups in total. The molecule has 0 aliphatic heterocycles. The maximum atomic E-state index is 11.5. The van der Waals surface area contributed by atoms with Gasteiger partial charge in [0.15, 0.2) is 0 Å². The Hall–Kier alpha value is -1.99. The fourth-order valence-corrected chi connectivity index (χ4v) is 2.00. The van der Waals surface area contributed by atoms with Crippen LogP contribution in [0.5, 0.6) is 0 Å². The number of esters is 1. The maximum Gasteiger partial charge on any atom is 0.354 e. The molecule has 2 aromatic rings. The van der Waals surface area contributed by atoms with Gasteiger partial charge in [0.1, 0.15) is 11.8 Å². The largest absolute Gasteiger partial charge is 0.464 e. The zero-order valence-corrected chi connectivity index (χ0v) is 10.1. The first kappa shape index (κ1) is 11.5. The van der Waals surface area contributed by atoms with Crippen LogP contribution in [-0.4, -0.2) is 17.6 Å². The highest BCUT2D eigenvalue weighted by Gasteiger charge is 2.16. The number of aromatic nitrogens is 1. The summed E-state index contributed by atoms with van der Waals surface area (Å²) in [6.07, 6.45) is 0. The van der Waals surface area contributed by atoms with Gasteiger partial charge < -0.3 is 9.30 Å². The average Bonchev–Trinajstić information content (AvgIpc) is 2.66. The summed E-state index contributed by atoms with van der Waals surface area (Å²) in [4.78, 5) is 11.5. The first-order chi connectivity index (χ1) is 8.10. The molecule has 1 heterocycles. The molecule has 5 heteroatoms. The van der Waals surface area contributed by atoms with E-state index < -0.39 is 5.97 Å². The number of methoxy groups -OCH3 is 1. The van der Waals surface area contributed by atoms with Crippen molar-refractivity contribution in [2.45, 2.75) is 0 Å². The normalized spacial score (nSPS) is 10.2. The number of aryl methyl sites for hydroxylation is 1. The van der Waals surface area contributed by atoms with Crippen LogP contribution in [0.3, 0.4) is 0 Å². The quantitative estimate of drug-likeness (QED) is 0.729. The molecule has 86 valence electrons. The molecule has 17 heavy (non-hydrogen) atoms. The van der Waals surface area contributed by atoms with E-state index in [1.165, 1.54) is 7.11 Å². The molecule has 0 saturated carbocycles. The van der Waals surface area contributed by atoms with E-state index in [2.05, 4.69) is 4.74 Å². The van der Waals surface area contributed by atoms with Gasteiger partial charge in [0.2, 0.25) is 0 Å². The van der Waals surface area contributed by atoms with Gasteiger partial charge in [-0.2, -0.15) is 5.26 Å². The smallest absolute Gasteiger partial charge is 0.354 e. The van der Waals surface area contributed by atoms with E-state index in [9.17, 15) is 4.79 Å². The first-order valence-corrected chi connectivity index (χ1v) is 5.24. The van der Waals surface area contributed by atoms with Gasteiger partial charge in [0.25, 0.3) is 0 Å². The van der Waals surface area contributed by atoms with Crippen LogP contribution in [0.4, 0.5) is 0 Å². The van der Waals surface area contributed by atoms with Crippen LogP contribution >= 0.6 is 11.6 Å². The molecular weight excluding hydrogens is 240 g/mol. The van der Waals surface area contributed by atoms with E-state index in [1.807, 2.05) is 6.07 Å². The van der Waals surface area contributed by atoms with E-state index in [0.717, 1.165) is 5.52 Å². The molecule has 4 nitrogen and oxygen atoms in total. The van der Waals surface area contributed by atoms with Crippen molar-refractivity contribution in [3.8, 4) is 6.07 Å². The van der Waals surface area contributed by atoms with E-state index in [-0.39, 0.29) is 0 Å². The predicted octanol–water partition coefficient (Wildman–Crippen LogP) is 2.49. The van der Waals surface area contributed by atoms with E-state index >= 15 is 0 Å². The summed E-state index contributed by atoms with van der Waals surface area (Å²) >= 11 is 5.93. The van der Waals surface area contributed by atoms with Crippen LogP contribution in [0.2, 0.25) is 5.02 Å². The Bertz CT molecular complexity index is 653. The van der Waals surface area contributed by atoms with Gasteiger partial charge in [-0.3, -0.25) is 0 Å². The fraction of sp³-hybridized carbons (Fsp3) is 0.167. The van der Waals surface area contributed by atoms with Crippen LogP contribution < -0.4 is 0 Å². The van der Waals surface area contributed by atoms with E-state index in [1.54, 1.807) is 29.8 Å². The molecule has 0 fully saturated rings. The number of nitriles is 1. The molecule has 0 spiro atoms. The highest BCUT2D eigenvalue weighted by molar-refractivity contribution is 6.32. The Morgan fingerprint density at radius 1 is 1.53 bits per heavy atom. The van der Waals surface area contributed by atoms with Gasteiger partial charge in [-0.05, 0) is 18.2 Å². The first-order valence-electron chi connectivity index (χ1n) is 4.86. The van der Waals surface area contributed by atoms with Gasteiger partial charge in [-0.15, -0.1) is 0 Å². The van der Waals surface area contributed by atoms with Crippen molar-refractivity contribution < 1.29 is 9.53 Å². The molecular formula is C12H9ClN2O2. The molecule has 0 unspecified atom stereocenters. The second-order valence-electron chi connectivity index (χ2n) is 3.55. The number of halogens is 1. The zero-order chi connectivity index (χ0) is 12.6. The molecule has 1 aromatic carbocycles. The monoisotopic (exact) mass is 248 g/mol. The van der Waals surface area contributed by atoms with Gasteiger partial charge in [-0.1, -0.05) is 11.6 Å². The van der Waals surface area contributed by atoms with E-state index in [0.29, 0.717) is 21.7 Å². The fourth-order valence-electron chi connectivity index (χ4n) is 1.80. The summed E-state index contributed by atoms with van der Waals surface area (Å²) in [5.41, 5.74) is 1.53. The third-order valence-corrected chi connectivity index (χ3v) is 3.00. The van der Waals surface area contributed by atoms with Gasteiger partial charge in [-0.25, -0.2) is 4.79 Å². The molecule has 0 amide bonds. The molecule has 0 radical (unpaired) electrons. The SMILES string of the molecule is COC(=O)c1cc2c(C#N)c(Cl)ccc2n1C. The summed E-state index contributed by atoms with van der Waals surface area (Å²) in [6.45, 7) is 0. The van der Waals surface area contributed by atoms with Gasteiger partial charge >= 0.3 is 5.97 Å².